The van der Waals surface area contributed by atoms with Gasteiger partial charge in [0.25, 0.3) is 0 Å². The predicted octanol–water partition coefficient (Wildman–Crippen LogP) is 2.06. The fourth-order valence-corrected chi connectivity index (χ4v) is 1.57. The van der Waals surface area contributed by atoms with Crippen LogP contribution in [0, 0.1) is 10.1 Å². The number of hydrogen-bond donors (Lipinski definition) is 1. The Kier molecular flexibility index (Phi) is 4.25. The van der Waals surface area contributed by atoms with Crippen LogP contribution in [0.1, 0.15) is 24.8 Å². The highest BCUT2D eigenvalue weighted by molar-refractivity contribution is 5.49. The van der Waals surface area contributed by atoms with Gasteiger partial charge >= 0.3 is 5.69 Å². The Morgan fingerprint density at radius 2 is 2.25 bits per heavy atom. The first kappa shape index (κ1) is 12.4. The molecule has 0 saturated carbocycles. The van der Waals surface area contributed by atoms with Crippen molar-refractivity contribution in [3.05, 3.63) is 33.9 Å². The SMILES string of the molecule is COc1ccc(C(C)CCN)cc1[N+](=O)[O-]. The Morgan fingerprint density at radius 1 is 1.56 bits per heavy atom. The molecule has 0 aromatic heterocycles. The number of nitrogens with zero attached hydrogens (tertiary/aromatic N) is 1. The number of nitro groups is 1. The molecule has 1 aromatic carbocycles. The summed E-state index contributed by atoms with van der Waals surface area (Å²) in [6.45, 7) is 2.57. The van der Waals surface area contributed by atoms with E-state index in [0.717, 1.165) is 12.0 Å². The molecule has 1 unspecified atom stereocenters. The maximum absolute atomic E-state index is 10.8. The third kappa shape index (κ3) is 2.70. The monoisotopic (exact) mass is 224 g/mol. The fraction of sp³-hybridized carbons (Fsp3) is 0.455. The van der Waals surface area contributed by atoms with Gasteiger partial charge in [-0.3, -0.25) is 10.1 Å². The van der Waals surface area contributed by atoms with Crippen molar-refractivity contribution in [2.75, 3.05) is 13.7 Å². The molecule has 16 heavy (non-hydrogen) atoms. The Labute approximate surface area is 94.4 Å². The third-order valence-corrected chi connectivity index (χ3v) is 2.57. The summed E-state index contributed by atoms with van der Waals surface area (Å²) < 4.78 is 4.93. The van der Waals surface area contributed by atoms with Crippen molar-refractivity contribution in [3.8, 4) is 5.75 Å². The lowest BCUT2D eigenvalue weighted by Gasteiger charge is -2.11. The average molecular weight is 224 g/mol. The van der Waals surface area contributed by atoms with Gasteiger partial charge in [-0.2, -0.15) is 0 Å². The molecule has 0 aliphatic rings. The molecule has 1 rings (SSSR count). The molecule has 0 radical (unpaired) electrons. The topological polar surface area (TPSA) is 78.4 Å². The summed E-state index contributed by atoms with van der Waals surface area (Å²) in [4.78, 5) is 10.4. The minimum Gasteiger partial charge on any atom is -0.490 e. The minimum atomic E-state index is -0.433. The largest absolute Gasteiger partial charge is 0.490 e. The van der Waals surface area contributed by atoms with Gasteiger partial charge in [0.05, 0.1) is 12.0 Å². The molecular weight excluding hydrogens is 208 g/mol. The van der Waals surface area contributed by atoms with Gasteiger partial charge in [0.15, 0.2) is 5.75 Å². The molecule has 0 spiro atoms. The quantitative estimate of drug-likeness (QED) is 0.613. The maximum Gasteiger partial charge on any atom is 0.311 e. The van der Waals surface area contributed by atoms with Gasteiger partial charge in [0.2, 0.25) is 0 Å². The molecule has 0 saturated heterocycles. The standard InChI is InChI=1S/C11H16N2O3/c1-8(5-6-12)9-3-4-11(16-2)10(7-9)13(14)15/h3-4,7-8H,5-6,12H2,1-2H3. The van der Waals surface area contributed by atoms with Gasteiger partial charge in [0.1, 0.15) is 0 Å². The number of ether oxygens (including phenoxy) is 1. The molecule has 2 N–H and O–H groups in total. The normalized spacial score (nSPS) is 12.2. The van der Waals surface area contributed by atoms with Crippen molar-refractivity contribution in [1.29, 1.82) is 0 Å². The van der Waals surface area contributed by atoms with Crippen molar-refractivity contribution in [1.82, 2.24) is 0 Å². The van der Waals surface area contributed by atoms with Crippen molar-refractivity contribution in [3.63, 3.8) is 0 Å². The van der Waals surface area contributed by atoms with Gasteiger partial charge < -0.3 is 10.5 Å². The van der Waals surface area contributed by atoms with Crippen LogP contribution in [0.15, 0.2) is 18.2 Å². The predicted molar refractivity (Wildman–Crippen MR) is 61.7 cm³/mol. The average Bonchev–Trinajstić information content (AvgIpc) is 2.28. The zero-order valence-corrected chi connectivity index (χ0v) is 9.47. The van der Waals surface area contributed by atoms with Crippen molar-refractivity contribution >= 4 is 5.69 Å². The molecule has 0 amide bonds. The zero-order chi connectivity index (χ0) is 12.1. The molecular formula is C11H16N2O3. The van der Waals surface area contributed by atoms with Crippen LogP contribution in [-0.4, -0.2) is 18.6 Å². The number of hydrogen-bond acceptors (Lipinski definition) is 4. The fourth-order valence-electron chi connectivity index (χ4n) is 1.57. The van der Waals surface area contributed by atoms with E-state index in [1.165, 1.54) is 7.11 Å². The number of rotatable bonds is 5. The third-order valence-electron chi connectivity index (χ3n) is 2.57. The van der Waals surface area contributed by atoms with E-state index >= 15 is 0 Å². The summed E-state index contributed by atoms with van der Waals surface area (Å²) in [6.07, 6.45) is 0.809. The van der Waals surface area contributed by atoms with Gasteiger partial charge in [-0.25, -0.2) is 0 Å². The summed E-state index contributed by atoms with van der Waals surface area (Å²) in [6, 6.07) is 5.02. The maximum atomic E-state index is 10.8. The van der Waals surface area contributed by atoms with Crippen LogP contribution in [0.2, 0.25) is 0 Å². The van der Waals surface area contributed by atoms with Crippen LogP contribution < -0.4 is 10.5 Å². The van der Waals surface area contributed by atoms with Crippen molar-refractivity contribution in [2.45, 2.75) is 19.3 Å². The molecule has 1 aromatic rings. The first-order valence-electron chi connectivity index (χ1n) is 5.12. The van der Waals surface area contributed by atoms with E-state index in [0.29, 0.717) is 6.54 Å². The second kappa shape index (κ2) is 5.46. The van der Waals surface area contributed by atoms with E-state index in [2.05, 4.69) is 0 Å². The lowest BCUT2D eigenvalue weighted by molar-refractivity contribution is -0.385. The first-order chi connectivity index (χ1) is 7.60. The molecule has 0 heterocycles. The lowest BCUT2D eigenvalue weighted by atomic mass is 9.97. The molecule has 0 bridgehead atoms. The number of methoxy groups -OCH3 is 1. The Morgan fingerprint density at radius 3 is 2.75 bits per heavy atom. The summed E-state index contributed by atoms with van der Waals surface area (Å²) in [5.41, 5.74) is 6.38. The van der Waals surface area contributed by atoms with E-state index in [1.54, 1.807) is 12.1 Å². The molecule has 5 nitrogen and oxygen atoms in total. The van der Waals surface area contributed by atoms with E-state index in [-0.39, 0.29) is 17.4 Å². The van der Waals surface area contributed by atoms with Crippen LogP contribution >= 0.6 is 0 Å². The molecule has 5 heteroatoms. The number of nitro benzene ring substituents is 1. The minimum absolute atomic E-state index is 0.00358. The van der Waals surface area contributed by atoms with Crippen molar-refractivity contribution < 1.29 is 9.66 Å². The molecule has 88 valence electrons. The molecule has 0 aliphatic heterocycles. The highest BCUT2D eigenvalue weighted by Crippen LogP contribution is 2.31. The van der Waals surface area contributed by atoms with Gasteiger partial charge in [-0.1, -0.05) is 13.0 Å². The Bertz CT molecular complexity index is 379. The Hall–Kier alpha value is -1.62. The second-order valence-electron chi connectivity index (χ2n) is 3.67. The van der Waals surface area contributed by atoms with Crippen LogP contribution in [-0.2, 0) is 0 Å². The van der Waals surface area contributed by atoms with Crippen LogP contribution in [0.5, 0.6) is 5.75 Å². The number of nitrogens with two attached hydrogens (primary N) is 1. The molecule has 1 atom stereocenters. The van der Waals surface area contributed by atoms with E-state index in [1.807, 2.05) is 13.0 Å². The van der Waals surface area contributed by atoms with Gasteiger partial charge in [0, 0.05) is 6.07 Å². The molecule has 0 aliphatic carbocycles. The van der Waals surface area contributed by atoms with E-state index < -0.39 is 4.92 Å². The van der Waals surface area contributed by atoms with Crippen LogP contribution in [0.4, 0.5) is 5.69 Å². The smallest absolute Gasteiger partial charge is 0.311 e. The molecule has 0 fully saturated rings. The van der Waals surface area contributed by atoms with Gasteiger partial charge in [-0.15, -0.1) is 0 Å². The lowest BCUT2D eigenvalue weighted by Crippen LogP contribution is -2.05. The first-order valence-corrected chi connectivity index (χ1v) is 5.12. The summed E-state index contributed by atoms with van der Waals surface area (Å²) in [5.74, 6) is 0.503. The summed E-state index contributed by atoms with van der Waals surface area (Å²) >= 11 is 0. The Balaban J connectivity index is 3.06. The van der Waals surface area contributed by atoms with E-state index in [9.17, 15) is 10.1 Å². The summed E-state index contributed by atoms with van der Waals surface area (Å²) in [7, 11) is 1.42. The highest BCUT2D eigenvalue weighted by atomic mass is 16.6. The van der Waals surface area contributed by atoms with Crippen LogP contribution in [0.25, 0.3) is 0 Å². The van der Waals surface area contributed by atoms with Gasteiger partial charge in [-0.05, 0) is 30.5 Å². The highest BCUT2D eigenvalue weighted by Gasteiger charge is 2.17. The van der Waals surface area contributed by atoms with Crippen LogP contribution in [0.3, 0.4) is 0 Å². The second-order valence-corrected chi connectivity index (χ2v) is 3.67. The number of benzene rings is 1. The van der Waals surface area contributed by atoms with Crippen molar-refractivity contribution in [2.24, 2.45) is 5.73 Å². The zero-order valence-electron chi connectivity index (χ0n) is 9.47. The van der Waals surface area contributed by atoms with E-state index in [4.69, 9.17) is 10.5 Å². The summed E-state index contributed by atoms with van der Waals surface area (Å²) in [5, 5.41) is 10.8.